The van der Waals surface area contributed by atoms with Crippen LogP contribution in [0.4, 0.5) is 11.4 Å². The number of nitrogens with one attached hydrogen (secondary N) is 2. The summed E-state index contributed by atoms with van der Waals surface area (Å²) >= 11 is 5.34. The lowest BCUT2D eigenvalue weighted by molar-refractivity contribution is -0.385. The highest BCUT2D eigenvalue weighted by atomic mass is 32.1. The maximum absolute atomic E-state index is 11.0. The van der Waals surface area contributed by atoms with Crippen LogP contribution in [0.25, 0.3) is 0 Å². The topological polar surface area (TPSA) is 67.2 Å². The quantitative estimate of drug-likeness (QED) is 0.509. The van der Waals surface area contributed by atoms with E-state index in [-0.39, 0.29) is 10.6 Å². The second-order valence-corrected chi connectivity index (χ2v) is 6.55. The molecular formula is C15H19N3O2S. The van der Waals surface area contributed by atoms with Crippen LogP contribution in [-0.4, -0.2) is 16.1 Å². The highest BCUT2D eigenvalue weighted by molar-refractivity contribution is 7.80. The molecular weight excluding hydrogens is 286 g/mol. The van der Waals surface area contributed by atoms with Crippen LogP contribution in [-0.2, 0) is 0 Å². The third-order valence-corrected chi connectivity index (χ3v) is 4.94. The van der Waals surface area contributed by atoms with Gasteiger partial charge in [0.25, 0.3) is 5.69 Å². The Hall–Kier alpha value is -1.69. The number of thiocarbonyl (C=S) groups is 1. The minimum absolute atomic E-state index is 0.114. The Bertz CT molecular complexity index is 590. The van der Waals surface area contributed by atoms with Gasteiger partial charge in [0.2, 0.25) is 0 Å². The van der Waals surface area contributed by atoms with Crippen LogP contribution in [0.15, 0.2) is 18.2 Å². The number of hydrogen-bond donors (Lipinski definition) is 2. The van der Waals surface area contributed by atoms with E-state index in [4.69, 9.17) is 12.2 Å². The molecule has 21 heavy (non-hydrogen) atoms. The minimum Gasteiger partial charge on any atom is -0.359 e. The maximum atomic E-state index is 11.0. The molecule has 2 aliphatic rings. The molecule has 0 aromatic heterocycles. The summed E-state index contributed by atoms with van der Waals surface area (Å²) in [5, 5.41) is 18.0. The van der Waals surface area contributed by atoms with Crippen molar-refractivity contribution in [2.24, 2.45) is 11.8 Å². The Morgan fingerprint density at radius 1 is 1.38 bits per heavy atom. The standard InChI is InChI=1S/C15H19N3O2S/c1-9-2-5-12(8-14(9)18(19)20)16-15(21)17-13-7-10-3-4-11(13)6-10/h2,5,8,10-11,13H,3-4,6-7H2,1H3,(H2,16,17,21)/t10-,11-,13+/m1/s1. The van der Waals surface area contributed by atoms with Crippen molar-refractivity contribution in [1.82, 2.24) is 5.32 Å². The lowest BCUT2D eigenvalue weighted by Crippen LogP contribution is -2.40. The number of anilines is 1. The number of rotatable bonds is 3. The number of aryl methyl sites for hydroxylation is 1. The first-order valence-electron chi connectivity index (χ1n) is 7.35. The monoisotopic (exact) mass is 305 g/mol. The average molecular weight is 305 g/mol. The third kappa shape index (κ3) is 3.00. The summed E-state index contributed by atoms with van der Waals surface area (Å²) in [7, 11) is 0. The van der Waals surface area contributed by atoms with Crippen molar-refractivity contribution in [3.63, 3.8) is 0 Å². The molecule has 0 heterocycles. The lowest BCUT2D eigenvalue weighted by Gasteiger charge is -2.24. The van der Waals surface area contributed by atoms with Gasteiger partial charge in [-0.25, -0.2) is 0 Å². The van der Waals surface area contributed by atoms with E-state index in [1.54, 1.807) is 13.0 Å². The number of nitrogens with zero attached hydrogens (tertiary/aromatic N) is 1. The van der Waals surface area contributed by atoms with Gasteiger partial charge in [0.05, 0.1) is 4.92 Å². The van der Waals surface area contributed by atoms with Crippen molar-refractivity contribution >= 4 is 28.7 Å². The first-order valence-corrected chi connectivity index (χ1v) is 7.76. The van der Waals surface area contributed by atoms with E-state index >= 15 is 0 Å². The largest absolute Gasteiger partial charge is 0.359 e. The highest BCUT2D eigenvalue weighted by Gasteiger charge is 2.39. The summed E-state index contributed by atoms with van der Waals surface area (Å²) in [5.41, 5.74) is 1.42. The van der Waals surface area contributed by atoms with Gasteiger partial charge in [-0.15, -0.1) is 0 Å². The van der Waals surface area contributed by atoms with Gasteiger partial charge in [0.15, 0.2) is 5.11 Å². The number of nitro groups is 1. The van der Waals surface area contributed by atoms with Crippen molar-refractivity contribution in [2.75, 3.05) is 5.32 Å². The fourth-order valence-corrected chi connectivity index (χ4v) is 3.91. The number of hydrogen-bond acceptors (Lipinski definition) is 3. The summed E-state index contributed by atoms with van der Waals surface area (Å²) < 4.78 is 0. The minimum atomic E-state index is -0.368. The molecule has 112 valence electrons. The van der Waals surface area contributed by atoms with Crippen LogP contribution in [0.1, 0.15) is 31.2 Å². The zero-order valence-electron chi connectivity index (χ0n) is 12.0. The predicted molar refractivity (Wildman–Crippen MR) is 86.4 cm³/mol. The molecule has 0 aliphatic heterocycles. The van der Waals surface area contributed by atoms with Gasteiger partial charge in [-0.05, 0) is 56.3 Å². The highest BCUT2D eigenvalue weighted by Crippen LogP contribution is 2.44. The van der Waals surface area contributed by atoms with E-state index in [1.807, 2.05) is 6.07 Å². The molecule has 0 radical (unpaired) electrons. The fraction of sp³-hybridized carbons (Fsp3) is 0.533. The van der Waals surface area contributed by atoms with Crippen molar-refractivity contribution in [3.8, 4) is 0 Å². The smallest absolute Gasteiger partial charge is 0.274 e. The van der Waals surface area contributed by atoms with E-state index in [1.165, 1.54) is 31.7 Å². The molecule has 2 bridgehead atoms. The molecule has 2 saturated carbocycles. The zero-order valence-corrected chi connectivity index (χ0v) is 12.8. The van der Waals surface area contributed by atoms with Gasteiger partial charge in [-0.2, -0.15) is 0 Å². The van der Waals surface area contributed by atoms with E-state index in [2.05, 4.69) is 10.6 Å². The lowest BCUT2D eigenvalue weighted by atomic mass is 9.96. The van der Waals surface area contributed by atoms with Crippen molar-refractivity contribution < 1.29 is 4.92 Å². The Balaban J connectivity index is 1.62. The molecule has 5 nitrogen and oxygen atoms in total. The van der Waals surface area contributed by atoms with Crippen molar-refractivity contribution in [1.29, 1.82) is 0 Å². The molecule has 0 spiro atoms. The summed E-state index contributed by atoms with van der Waals surface area (Å²) in [6.45, 7) is 1.73. The van der Waals surface area contributed by atoms with Crippen LogP contribution < -0.4 is 10.6 Å². The number of fused-ring (bicyclic) bond motifs is 2. The number of benzene rings is 1. The van der Waals surface area contributed by atoms with Gasteiger partial charge >= 0.3 is 0 Å². The molecule has 0 amide bonds. The summed E-state index contributed by atoms with van der Waals surface area (Å²) in [6.07, 6.45) is 5.16. The second kappa shape index (κ2) is 5.60. The van der Waals surface area contributed by atoms with Gasteiger partial charge in [-0.1, -0.05) is 12.5 Å². The van der Waals surface area contributed by atoms with E-state index in [0.717, 1.165) is 11.8 Å². The molecule has 0 unspecified atom stereocenters. The van der Waals surface area contributed by atoms with Crippen LogP contribution in [0.2, 0.25) is 0 Å². The van der Waals surface area contributed by atoms with Crippen LogP contribution >= 0.6 is 12.2 Å². The molecule has 6 heteroatoms. The SMILES string of the molecule is Cc1ccc(NC(=S)N[C@H]2C[C@@H]3CC[C@@H]2C3)cc1[N+](=O)[O-]. The molecule has 2 fully saturated rings. The normalized spacial score (nSPS) is 26.6. The molecule has 2 aliphatic carbocycles. The van der Waals surface area contributed by atoms with Gasteiger partial charge in [0, 0.05) is 23.4 Å². The summed E-state index contributed by atoms with van der Waals surface area (Å²) in [6, 6.07) is 5.55. The Kier molecular flexibility index (Phi) is 3.80. The Morgan fingerprint density at radius 2 is 2.19 bits per heavy atom. The zero-order chi connectivity index (χ0) is 15.0. The second-order valence-electron chi connectivity index (χ2n) is 6.14. The van der Waals surface area contributed by atoms with Crippen LogP contribution in [0, 0.1) is 28.9 Å². The first kappa shape index (κ1) is 14.3. The van der Waals surface area contributed by atoms with Gasteiger partial charge in [-0.3, -0.25) is 10.1 Å². The fourth-order valence-electron chi connectivity index (χ4n) is 3.64. The molecule has 2 N–H and O–H groups in total. The van der Waals surface area contributed by atoms with Crippen LogP contribution in [0.3, 0.4) is 0 Å². The van der Waals surface area contributed by atoms with E-state index in [9.17, 15) is 10.1 Å². The van der Waals surface area contributed by atoms with Crippen LogP contribution in [0.5, 0.6) is 0 Å². The van der Waals surface area contributed by atoms with Crippen molar-refractivity contribution in [2.45, 2.75) is 38.6 Å². The summed E-state index contributed by atoms with van der Waals surface area (Å²) in [5.74, 6) is 1.60. The number of nitro benzene ring substituents is 1. The molecule has 3 rings (SSSR count). The third-order valence-electron chi connectivity index (χ3n) is 4.72. The van der Waals surface area contributed by atoms with E-state index < -0.39 is 0 Å². The Morgan fingerprint density at radius 3 is 2.81 bits per heavy atom. The molecule has 3 atom stereocenters. The molecule has 1 aromatic rings. The predicted octanol–water partition coefficient (Wildman–Crippen LogP) is 3.38. The van der Waals surface area contributed by atoms with Gasteiger partial charge < -0.3 is 10.6 Å². The summed E-state index contributed by atoms with van der Waals surface area (Å²) in [4.78, 5) is 10.6. The first-order chi connectivity index (χ1) is 10.0. The van der Waals surface area contributed by atoms with E-state index in [0.29, 0.717) is 22.4 Å². The maximum Gasteiger partial charge on any atom is 0.274 e. The molecule has 1 aromatic carbocycles. The Labute approximate surface area is 129 Å². The molecule has 0 saturated heterocycles. The average Bonchev–Trinajstić information content (AvgIpc) is 3.03. The van der Waals surface area contributed by atoms with Crippen molar-refractivity contribution in [3.05, 3.63) is 33.9 Å². The van der Waals surface area contributed by atoms with Gasteiger partial charge in [0.1, 0.15) is 0 Å².